The topological polar surface area (TPSA) is 73.1 Å². The van der Waals surface area contributed by atoms with Crippen molar-refractivity contribution in [2.75, 3.05) is 11.5 Å². The summed E-state index contributed by atoms with van der Waals surface area (Å²) in [5, 5.41) is 0. The lowest BCUT2D eigenvalue weighted by molar-refractivity contribution is 0.594. The summed E-state index contributed by atoms with van der Waals surface area (Å²) in [5.41, 5.74) is 7.84. The summed E-state index contributed by atoms with van der Waals surface area (Å²) >= 11 is 0. The number of rotatable bonds is 4. The molecule has 1 aromatic carbocycles. The zero-order valence-electron chi connectivity index (χ0n) is 10.7. The van der Waals surface area contributed by atoms with E-state index in [1.807, 2.05) is 12.1 Å². The van der Waals surface area contributed by atoms with E-state index >= 15 is 0 Å². The second-order valence-corrected chi connectivity index (χ2v) is 6.47. The molecule has 0 saturated carbocycles. The number of anilines is 1. The van der Waals surface area contributed by atoms with Crippen LogP contribution in [-0.2, 0) is 16.3 Å². The number of hydrogen-bond donors (Lipinski definition) is 1. The predicted molar refractivity (Wildman–Crippen MR) is 75.6 cm³/mol. The average molecular weight is 276 g/mol. The number of nitrogens with two attached hydrogens (primary N) is 1. The fourth-order valence-electron chi connectivity index (χ4n) is 1.88. The highest BCUT2D eigenvalue weighted by Gasteiger charge is 2.17. The van der Waals surface area contributed by atoms with Crippen LogP contribution < -0.4 is 5.73 Å². The Labute approximate surface area is 113 Å². The van der Waals surface area contributed by atoms with Crippen LogP contribution in [0.15, 0.2) is 47.6 Å². The van der Waals surface area contributed by atoms with E-state index < -0.39 is 9.84 Å². The van der Waals surface area contributed by atoms with Crippen molar-refractivity contribution in [1.29, 1.82) is 0 Å². The van der Waals surface area contributed by atoms with Crippen LogP contribution in [0.2, 0.25) is 0 Å². The van der Waals surface area contributed by atoms with Crippen molar-refractivity contribution in [3.8, 4) is 0 Å². The first-order valence-corrected chi connectivity index (χ1v) is 7.63. The minimum absolute atomic E-state index is 0.0707. The van der Waals surface area contributed by atoms with Gasteiger partial charge in [0.2, 0.25) is 0 Å². The predicted octanol–water partition coefficient (Wildman–Crippen LogP) is 1.99. The molecule has 0 saturated heterocycles. The van der Waals surface area contributed by atoms with Gasteiger partial charge in [-0.1, -0.05) is 6.07 Å². The second kappa shape index (κ2) is 5.40. The third-order valence-electron chi connectivity index (χ3n) is 3.07. The van der Waals surface area contributed by atoms with Crippen molar-refractivity contribution >= 4 is 15.5 Å². The molecule has 1 heterocycles. The summed E-state index contributed by atoms with van der Waals surface area (Å²) in [5.74, 6) is 0.0707. The Hall–Kier alpha value is -1.88. The van der Waals surface area contributed by atoms with Crippen LogP contribution >= 0.6 is 0 Å². The van der Waals surface area contributed by atoms with Crippen molar-refractivity contribution in [2.45, 2.75) is 18.2 Å². The minimum atomic E-state index is -3.31. The first-order chi connectivity index (χ1) is 9.00. The molecule has 2 aromatic rings. The SMILES string of the molecule is Cc1c(N)cccc1S(=O)(=O)CCc1ccncc1. The van der Waals surface area contributed by atoms with Gasteiger partial charge in [-0.3, -0.25) is 4.98 Å². The molecule has 0 unspecified atom stereocenters. The maximum atomic E-state index is 12.3. The summed E-state index contributed by atoms with van der Waals surface area (Å²) in [6, 6.07) is 8.62. The quantitative estimate of drug-likeness (QED) is 0.867. The highest BCUT2D eigenvalue weighted by Crippen LogP contribution is 2.22. The van der Waals surface area contributed by atoms with Crippen molar-refractivity contribution in [2.24, 2.45) is 0 Å². The maximum Gasteiger partial charge on any atom is 0.179 e. The highest BCUT2D eigenvalue weighted by molar-refractivity contribution is 7.91. The Morgan fingerprint density at radius 3 is 2.53 bits per heavy atom. The van der Waals surface area contributed by atoms with Crippen LogP contribution in [0.5, 0.6) is 0 Å². The van der Waals surface area contributed by atoms with Crippen LogP contribution in [-0.4, -0.2) is 19.2 Å². The van der Waals surface area contributed by atoms with Gasteiger partial charge in [0, 0.05) is 18.1 Å². The Balaban J connectivity index is 2.22. The standard InChI is InChI=1S/C14H16N2O2S/c1-11-13(15)3-2-4-14(11)19(17,18)10-7-12-5-8-16-9-6-12/h2-6,8-9H,7,10,15H2,1H3. The number of benzene rings is 1. The molecule has 0 radical (unpaired) electrons. The van der Waals surface area contributed by atoms with Gasteiger partial charge in [-0.25, -0.2) is 8.42 Å². The first kappa shape index (κ1) is 13.5. The zero-order chi connectivity index (χ0) is 13.9. The molecule has 0 amide bonds. The van der Waals surface area contributed by atoms with Gasteiger partial charge in [-0.05, 0) is 48.7 Å². The molecule has 0 bridgehead atoms. The van der Waals surface area contributed by atoms with Crippen LogP contribution in [0.25, 0.3) is 0 Å². The van der Waals surface area contributed by atoms with E-state index in [0.717, 1.165) is 5.56 Å². The Bertz CT molecular complexity index is 667. The number of aromatic nitrogens is 1. The molecule has 0 aliphatic rings. The monoisotopic (exact) mass is 276 g/mol. The minimum Gasteiger partial charge on any atom is -0.398 e. The Kier molecular flexibility index (Phi) is 3.85. The summed E-state index contributed by atoms with van der Waals surface area (Å²) < 4.78 is 24.6. The fraction of sp³-hybridized carbons (Fsp3) is 0.214. The Morgan fingerprint density at radius 1 is 1.16 bits per heavy atom. The summed E-state index contributed by atoms with van der Waals surface area (Å²) in [4.78, 5) is 4.23. The molecule has 1 aromatic heterocycles. The van der Waals surface area contributed by atoms with Gasteiger partial charge in [0.25, 0.3) is 0 Å². The molecule has 5 heteroatoms. The molecule has 0 aliphatic heterocycles. The third-order valence-corrected chi connectivity index (χ3v) is 4.92. The van der Waals surface area contributed by atoms with Gasteiger partial charge in [0.1, 0.15) is 0 Å². The van der Waals surface area contributed by atoms with Crippen LogP contribution in [0.4, 0.5) is 5.69 Å². The van der Waals surface area contributed by atoms with Gasteiger partial charge < -0.3 is 5.73 Å². The van der Waals surface area contributed by atoms with Gasteiger partial charge in [-0.2, -0.15) is 0 Å². The summed E-state index contributed by atoms with van der Waals surface area (Å²) in [6.45, 7) is 1.73. The first-order valence-electron chi connectivity index (χ1n) is 5.97. The number of nitrogen functional groups attached to an aromatic ring is 1. The smallest absolute Gasteiger partial charge is 0.179 e. The van der Waals surface area contributed by atoms with E-state index in [9.17, 15) is 8.42 Å². The molecule has 2 N–H and O–H groups in total. The molecule has 0 spiro atoms. The average Bonchev–Trinajstić information content (AvgIpc) is 2.41. The highest BCUT2D eigenvalue weighted by atomic mass is 32.2. The van der Waals surface area contributed by atoms with Crippen molar-refractivity contribution < 1.29 is 8.42 Å². The lowest BCUT2D eigenvalue weighted by atomic mass is 10.2. The number of pyridine rings is 1. The molecule has 0 fully saturated rings. The normalized spacial score (nSPS) is 11.4. The van der Waals surface area contributed by atoms with Gasteiger partial charge in [0.15, 0.2) is 9.84 Å². The molecular weight excluding hydrogens is 260 g/mol. The van der Waals surface area contributed by atoms with E-state index in [0.29, 0.717) is 22.6 Å². The Morgan fingerprint density at radius 2 is 1.84 bits per heavy atom. The van der Waals surface area contributed by atoms with Crippen LogP contribution in [0, 0.1) is 6.92 Å². The number of nitrogens with zero attached hydrogens (tertiary/aromatic N) is 1. The van der Waals surface area contributed by atoms with E-state index in [4.69, 9.17) is 5.73 Å². The van der Waals surface area contributed by atoms with E-state index in [1.165, 1.54) is 0 Å². The van der Waals surface area contributed by atoms with E-state index in [2.05, 4.69) is 4.98 Å². The van der Waals surface area contributed by atoms with Crippen LogP contribution in [0.3, 0.4) is 0 Å². The molecule has 2 rings (SSSR count). The van der Waals surface area contributed by atoms with E-state index in [-0.39, 0.29) is 5.75 Å². The fourth-order valence-corrected chi connectivity index (χ4v) is 3.47. The third kappa shape index (κ3) is 3.12. The van der Waals surface area contributed by atoms with Crippen molar-refractivity contribution in [3.05, 3.63) is 53.9 Å². The maximum absolute atomic E-state index is 12.3. The van der Waals surface area contributed by atoms with Gasteiger partial charge >= 0.3 is 0 Å². The van der Waals surface area contributed by atoms with Crippen molar-refractivity contribution in [1.82, 2.24) is 4.98 Å². The summed E-state index contributed by atoms with van der Waals surface area (Å²) in [6.07, 6.45) is 3.79. The number of hydrogen-bond acceptors (Lipinski definition) is 4. The molecule has 19 heavy (non-hydrogen) atoms. The van der Waals surface area contributed by atoms with Crippen LogP contribution in [0.1, 0.15) is 11.1 Å². The van der Waals surface area contributed by atoms with Gasteiger partial charge in [0.05, 0.1) is 10.6 Å². The number of aryl methyl sites for hydroxylation is 1. The van der Waals surface area contributed by atoms with Crippen molar-refractivity contribution in [3.63, 3.8) is 0 Å². The molecule has 4 nitrogen and oxygen atoms in total. The zero-order valence-corrected chi connectivity index (χ0v) is 11.5. The molecule has 0 aliphatic carbocycles. The molecule has 100 valence electrons. The van der Waals surface area contributed by atoms with Gasteiger partial charge in [-0.15, -0.1) is 0 Å². The summed E-state index contributed by atoms with van der Waals surface area (Å²) in [7, 11) is -3.31. The lowest BCUT2D eigenvalue weighted by Crippen LogP contribution is -2.11. The number of sulfone groups is 1. The molecular formula is C14H16N2O2S. The second-order valence-electron chi connectivity index (χ2n) is 4.39. The lowest BCUT2D eigenvalue weighted by Gasteiger charge is -2.09. The largest absolute Gasteiger partial charge is 0.398 e. The molecule has 0 atom stereocenters. The van der Waals surface area contributed by atoms with E-state index in [1.54, 1.807) is 37.5 Å².